The Morgan fingerprint density at radius 2 is 2.23 bits per heavy atom. The van der Waals surface area contributed by atoms with E-state index in [9.17, 15) is 17.6 Å². The molecule has 0 unspecified atom stereocenters. The molecule has 2 atom stereocenters. The zero-order valence-electron chi connectivity index (χ0n) is 12.2. The lowest BCUT2D eigenvalue weighted by Gasteiger charge is -2.35. The van der Waals surface area contributed by atoms with E-state index in [1.807, 2.05) is 0 Å². The van der Waals surface area contributed by atoms with Crippen molar-refractivity contribution in [3.05, 3.63) is 30.1 Å². The van der Waals surface area contributed by atoms with Gasteiger partial charge in [0.25, 0.3) is 0 Å². The van der Waals surface area contributed by atoms with Crippen LogP contribution in [0.2, 0.25) is 0 Å². The van der Waals surface area contributed by atoms with Crippen molar-refractivity contribution in [2.45, 2.75) is 36.7 Å². The maximum absolute atomic E-state index is 13.2. The Kier molecular flexibility index (Phi) is 5.15. The van der Waals surface area contributed by atoms with Gasteiger partial charge in [-0.2, -0.15) is 0 Å². The van der Waals surface area contributed by atoms with Crippen LogP contribution in [0, 0.1) is 5.82 Å². The van der Waals surface area contributed by atoms with E-state index in [1.54, 1.807) is 11.8 Å². The number of likely N-dealkylation sites (tertiary alicyclic amines) is 1. The lowest BCUT2D eigenvalue weighted by atomic mass is 10.1. The number of rotatable bonds is 5. The van der Waals surface area contributed by atoms with Gasteiger partial charge >= 0.3 is 5.97 Å². The molecular weight excluding hydrogens is 311 g/mol. The molecule has 8 heteroatoms. The fourth-order valence-corrected chi connectivity index (χ4v) is 3.82. The molecule has 1 saturated heterocycles. The van der Waals surface area contributed by atoms with Crippen LogP contribution in [0.3, 0.4) is 0 Å². The Morgan fingerprint density at radius 1 is 1.50 bits per heavy atom. The summed E-state index contributed by atoms with van der Waals surface area (Å²) in [6.07, 6.45) is 1.32. The zero-order chi connectivity index (χ0) is 16.3. The maximum Gasteiger partial charge on any atom is 0.320 e. The van der Waals surface area contributed by atoms with Gasteiger partial charge in [-0.15, -0.1) is 0 Å². The first-order valence-electron chi connectivity index (χ1n) is 7.04. The average molecular weight is 330 g/mol. The number of benzene rings is 1. The minimum absolute atomic E-state index is 0.129. The van der Waals surface area contributed by atoms with Crippen LogP contribution >= 0.6 is 0 Å². The molecule has 0 bridgehead atoms. The van der Waals surface area contributed by atoms with Crippen molar-refractivity contribution in [1.82, 2.24) is 9.62 Å². The lowest BCUT2D eigenvalue weighted by molar-refractivity contribution is -0.143. The van der Waals surface area contributed by atoms with E-state index in [-0.39, 0.29) is 10.9 Å². The van der Waals surface area contributed by atoms with Gasteiger partial charge in [0.05, 0.1) is 4.90 Å². The molecule has 1 aliphatic heterocycles. The maximum atomic E-state index is 13.2. The summed E-state index contributed by atoms with van der Waals surface area (Å²) in [7, 11) is -3.82. The second-order valence-electron chi connectivity index (χ2n) is 5.43. The summed E-state index contributed by atoms with van der Waals surface area (Å²) in [6, 6.07) is 3.75. The van der Waals surface area contributed by atoms with E-state index in [0.717, 1.165) is 6.07 Å². The van der Waals surface area contributed by atoms with Gasteiger partial charge in [0.15, 0.2) is 0 Å². The van der Waals surface area contributed by atoms with E-state index in [1.165, 1.54) is 18.2 Å². The van der Waals surface area contributed by atoms with Gasteiger partial charge < -0.3 is 5.11 Å². The van der Waals surface area contributed by atoms with Crippen LogP contribution in [0.5, 0.6) is 0 Å². The number of aliphatic carboxylic acids is 1. The third-order valence-corrected chi connectivity index (χ3v) is 5.30. The van der Waals surface area contributed by atoms with Gasteiger partial charge in [0, 0.05) is 12.6 Å². The van der Waals surface area contributed by atoms with Crippen LogP contribution in [0.15, 0.2) is 29.2 Å². The summed E-state index contributed by atoms with van der Waals surface area (Å²) in [4.78, 5) is 12.6. The molecule has 0 amide bonds. The fourth-order valence-electron chi connectivity index (χ4n) is 2.53. The van der Waals surface area contributed by atoms with E-state index in [0.29, 0.717) is 25.9 Å². The molecule has 1 aromatic carbocycles. The SMILES string of the molecule is C[C@@H](C(=O)O)N1CCC[C@H](NS(=O)(=O)c2cccc(F)c2)C1. The minimum atomic E-state index is -3.82. The number of carboxylic acids is 1. The van der Waals surface area contributed by atoms with Crippen molar-refractivity contribution in [3.63, 3.8) is 0 Å². The normalized spacial score (nSPS) is 21.5. The number of hydrogen-bond donors (Lipinski definition) is 2. The number of carboxylic acid groups (broad SMARTS) is 1. The molecule has 0 aromatic heterocycles. The summed E-state index contributed by atoms with van der Waals surface area (Å²) in [6.45, 7) is 2.51. The van der Waals surface area contributed by atoms with Gasteiger partial charge in [-0.3, -0.25) is 9.69 Å². The van der Waals surface area contributed by atoms with E-state index in [2.05, 4.69) is 4.72 Å². The summed E-state index contributed by atoms with van der Waals surface area (Å²) in [5, 5.41) is 9.04. The molecule has 0 spiro atoms. The summed E-state index contributed by atoms with van der Waals surface area (Å²) < 4.78 is 40.2. The summed E-state index contributed by atoms with van der Waals surface area (Å²) in [5.41, 5.74) is 0. The molecule has 0 aliphatic carbocycles. The van der Waals surface area contributed by atoms with Crippen LogP contribution in [0.4, 0.5) is 4.39 Å². The van der Waals surface area contributed by atoms with Crippen LogP contribution < -0.4 is 4.72 Å². The molecular formula is C14H19FN2O4S. The smallest absolute Gasteiger partial charge is 0.320 e. The highest BCUT2D eigenvalue weighted by Gasteiger charge is 2.29. The van der Waals surface area contributed by atoms with Crippen LogP contribution in [0.1, 0.15) is 19.8 Å². The topological polar surface area (TPSA) is 86.7 Å². The molecule has 1 aliphatic rings. The number of nitrogens with one attached hydrogen (secondary N) is 1. The Hall–Kier alpha value is -1.51. The predicted octanol–water partition coefficient (Wildman–Crippen LogP) is 1.04. The highest BCUT2D eigenvalue weighted by molar-refractivity contribution is 7.89. The molecule has 122 valence electrons. The fraction of sp³-hybridized carbons (Fsp3) is 0.500. The monoisotopic (exact) mass is 330 g/mol. The van der Waals surface area contributed by atoms with E-state index < -0.39 is 27.9 Å². The van der Waals surface area contributed by atoms with Crippen LogP contribution in [0.25, 0.3) is 0 Å². The zero-order valence-corrected chi connectivity index (χ0v) is 13.0. The number of nitrogens with zero attached hydrogens (tertiary/aromatic N) is 1. The van der Waals surface area contributed by atoms with Crippen molar-refractivity contribution in [3.8, 4) is 0 Å². The molecule has 2 N–H and O–H groups in total. The molecule has 2 rings (SSSR count). The van der Waals surface area contributed by atoms with Crippen molar-refractivity contribution in [2.75, 3.05) is 13.1 Å². The number of carbonyl (C=O) groups is 1. The Bertz CT molecular complexity index is 650. The molecule has 1 aromatic rings. The first-order chi connectivity index (χ1) is 10.3. The number of sulfonamides is 1. The highest BCUT2D eigenvalue weighted by Crippen LogP contribution is 2.17. The minimum Gasteiger partial charge on any atom is -0.480 e. The van der Waals surface area contributed by atoms with Crippen molar-refractivity contribution in [1.29, 1.82) is 0 Å². The standard InChI is InChI=1S/C14H19FN2O4S/c1-10(14(18)19)17-7-3-5-12(9-17)16-22(20,21)13-6-2-4-11(15)8-13/h2,4,6,8,10,12,16H,3,5,7,9H2,1H3,(H,18,19)/t10-,12-/m0/s1. The second kappa shape index (κ2) is 6.72. The van der Waals surface area contributed by atoms with Crippen molar-refractivity contribution < 1.29 is 22.7 Å². The van der Waals surface area contributed by atoms with Crippen molar-refractivity contribution in [2.24, 2.45) is 0 Å². The largest absolute Gasteiger partial charge is 0.480 e. The highest BCUT2D eigenvalue weighted by atomic mass is 32.2. The van der Waals surface area contributed by atoms with Crippen molar-refractivity contribution >= 4 is 16.0 Å². The van der Waals surface area contributed by atoms with Crippen LogP contribution in [-0.2, 0) is 14.8 Å². The van der Waals surface area contributed by atoms with E-state index >= 15 is 0 Å². The number of piperidine rings is 1. The third kappa shape index (κ3) is 4.02. The molecule has 0 radical (unpaired) electrons. The average Bonchev–Trinajstić information content (AvgIpc) is 2.46. The third-order valence-electron chi connectivity index (χ3n) is 3.79. The Balaban J connectivity index is 2.08. The first-order valence-corrected chi connectivity index (χ1v) is 8.52. The van der Waals surface area contributed by atoms with Gasteiger partial charge in [-0.25, -0.2) is 17.5 Å². The van der Waals surface area contributed by atoms with Gasteiger partial charge in [-0.1, -0.05) is 6.07 Å². The van der Waals surface area contributed by atoms with Crippen LogP contribution in [-0.4, -0.2) is 49.6 Å². The molecule has 6 nitrogen and oxygen atoms in total. The Labute approximate surface area is 129 Å². The molecule has 0 saturated carbocycles. The summed E-state index contributed by atoms with van der Waals surface area (Å²) in [5.74, 6) is -1.55. The number of hydrogen-bond acceptors (Lipinski definition) is 4. The first kappa shape index (κ1) is 16.9. The molecule has 22 heavy (non-hydrogen) atoms. The Morgan fingerprint density at radius 3 is 2.86 bits per heavy atom. The van der Waals surface area contributed by atoms with E-state index in [4.69, 9.17) is 5.11 Å². The lowest BCUT2D eigenvalue weighted by Crippen LogP contribution is -2.52. The summed E-state index contributed by atoms with van der Waals surface area (Å²) >= 11 is 0. The van der Waals surface area contributed by atoms with Gasteiger partial charge in [-0.05, 0) is 44.5 Å². The quantitative estimate of drug-likeness (QED) is 0.842. The predicted molar refractivity (Wildman–Crippen MR) is 78.4 cm³/mol. The van der Waals surface area contributed by atoms with Gasteiger partial charge in [0.2, 0.25) is 10.0 Å². The second-order valence-corrected chi connectivity index (χ2v) is 7.14. The molecule has 1 fully saturated rings. The number of halogens is 1. The molecule has 1 heterocycles. The van der Waals surface area contributed by atoms with Gasteiger partial charge in [0.1, 0.15) is 11.9 Å².